The van der Waals surface area contributed by atoms with Crippen LogP contribution < -0.4 is 0 Å². The van der Waals surface area contributed by atoms with E-state index in [-0.39, 0.29) is 0 Å². The first-order valence-electron chi connectivity index (χ1n) is 5.10. The van der Waals surface area contributed by atoms with Gasteiger partial charge in [-0.1, -0.05) is 12.5 Å². The summed E-state index contributed by atoms with van der Waals surface area (Å²) < 4.78 is 2.16. The van der Waals surface area contributed by atoms with Gasteiger partial charge in [0, 0.05) is 18.9 Å². The van der Waals surface area contributed by atoms with Crippen LogP contribution in [0.5, 0.6) is 0 Å². The predicted molar refractivity (Wildman–Crippen MR) is 58.1 cm³/mol. The number of carbonyl (C=O) groups is 1. The molecule has 0 bridgehead atoms. The van der Waals surface area contributed by atoms with Crippen LogP contribution in [0.15, 0.2) is 36.2 Å². The fraction of sp³-hybridized carbons (Fsp3) is 0.417. The van der Waals surface area contributed by atoms with Crippen molar-refractivity contribution in [1.29, 1.82) is 0 Å². The monoisotopic (exact) mass is 191 g/mol. The van der Waals surface area contributed by atoms with Crippen LogP contribution in [0, 0.1) is 0 Å². The van der Waals surface area contributed by atoms with Gasteiger partial charge in [-0.3, -0.25) is 4.79 Å². The molecule has 1 heterocycles. The Balaban J connectivity index is 2.26. The molecule has 0 fully saturated rings. The molecule has 0 spiro atoms. The van der Waals surface area contributed by atoms with Crippen LogP contribution in [0.3, 0.4) is 0 Å². The Morgan fingerprint density at radius 2 is 2.07 bits per heavy atom. The summed E-state index contributed by atoms with van der Waals surface area (Å²) in [5.41, 5.74) is 1.24. The van der Waals surface area contributed by atoms with E-state index < -0.39 is 0 Å². The first-order chi connectivity index (χ1) is 6.86. The third-order valence-electron chi connectivity index (χ3n) is 2.34. The second kappa shape index (κ2) is 6.19. The van der Waals surface area contributed by atoms with Crippen molar-refractivity contribution < 1.29 is 4.79 Å². The summed E-state index contributed by atoms with van der Waals surface area (Å²) >= 11 is 0. The molecule has 14 heavy (non-hydrogen) atoms. The first kappa shape index (κ1) is 10.8. The second-order valence-corrected chi connectivity index (χ2v) is 3.34. The normalized spacial score (nSPS) is 11.6. The third-order valence-corrected chi connectivity index (χ3v) is 2.34. The molecule has 1 aromatic heterocycles. The smallest absolute Gasteiger partial charge is 0.142 e. The van der Waals surface area contributed by atoms with E-state index in [1.165, 1.54) is 5.57 Å². The standard InChI is InChI=1S/C12H17NO/c1-2-12(7-11-14)6-5-10-13-8-3-4-9-13/h3-4,7-9,11H,2,5-6,10H2,1H3/b12-7+. The summed E-state index contributed by atoms with van der Waals surface area (Å²) in [5, 5.41) is 0. The van der Waals surface area contributed by atoms with E-state index in [1.807, 2.05) is 12.1 Å². The second-order valence-electron chi connectivity index (χ2n) is 3.34. The van der Waals surface area contributed by atoms with E-state index in [2.05, 4.69) is 23.9 Å². The summed E-state index contributed by atoms with van der Waals surface area (Å²) in [5.74, 6) is 0. The number of hydrogen-bond donors (Lipinski definition) is 0. The third kappa shape index (κ3) is 3.60. The van der Waals surface area contributed by atoms with E-state index in [4.69, 9.17) is 0 Å². The molecule has 2 nitrogen and oxygen atoms in total. The quantitative estimate of drug-likeness (QED) is 0.500. The molecular weight excluding hydrogens is 174 g/mol. The van der Waals surface area contributed by atoms with Gasteiger partial charge in [-0.2, -0.15) is 0 Å². The molecule has 0 saturated heterocycles. The van der Waals surface area contributed by atoms with Crippen LogP contribution >= 0.6 is 0 Å². The van der Waals surface area contributed by atoms with Crippen LogP contribution in [0.25, 0.3) is 0 Å². The van der Waals surface area contributed by atoms with Crippen LogP contribution in [-0.4, -0.2) is 10.9 Å². The van der Waals surface area contributed by atoms with Crippen molar-refractivity contribution in [3.05, 3.63) is 36.2 Å². The van der Waals surface area contributed by atoms with E-state index in [9.17, 15) is 4.79 Å². The summed E-state index contributed by atoms with van der Waals surface area (Å²) in [6, 6.07) is 4.06. The highest BCUT2D eigenvalue weighted by Gasteiger charge is 1.94. The van der Waals surface area contributed by atoms with Gasteiger partial charge in [-0.15, -0.1) is 0 Å². The van der Waals surface area contributed by atoms with Crippen LogP contribution in [0.2, 0.25) is 0 Å². The largest absolute Gasteiger partial charge is 0.354 e. The summed E-state index contributed by atoms with van der Waals surface area (Å²) in [4.78, 5) is 10.3. The molecule has 1 aromatic rings. The minimum atomic E-state index is 0.883. The number of allylic oxidation sites excluding steroid dienone is 2. The Morgan fingerprint density at radius 1 is 1.36 bits per heavy atom. The highest BCUT2D eigenvalue weighted by molar-refractivity contribution is 5.66. The molecule has 0 radical (unpaired) electrons. The first-order valence-corrected chi connectivity index (χ1v) is 5.10. The number of hydrogen-bond acceptors (Lipinski definition) is 1. The Labute approximate surface area is 85.2 Å². The predicted octanol–water partition coefficient (Wildman–Crippen LogP) is 2.80. The molecule has 0 saturated carbocycles. The van der Waals surface area contributed by atoms with Gasteiger partial charge in [0.1, 0.15) is 6.29 Å². The van der Waals surface area contributed by atoms with Crippen LogP contribution in [0.4, 0.5) is 0 Å². The Bertz CT molecular complexity index is 285. The number of rotatable bonds is 6. The maximum Gasteiger partial charge on any atom is 0.142 e. The maximum absolute atomic E-state index is 10.3. The van der Waals surface area contributed by atoms with E-state index in [0.29, 0.717) is 0 Å². The molecule has 76 valence electrons. The van der Waals surface area contributed by atoms with Gasteiger partial charge in [0.15, 0.2) is 0 Å². The lowest BCUT2D eigenvalue weighted by Gasteiger charge is -2.04. The highest BCUT2D eigenvalue weighted by Crippen LogP contribution is 2.09. The minimum Gasteiger partial charge on any atom is -0.354 e. The van der Waals surface area contributed by atoms with Crippen molar-refractivity contribution >= 4 is 6.29 Å². The summed E-state index contributed by atoms with van der Waals surface area (Å²) in [6.45, 7) is 3.12. The molecule has 0 aliphatic carbocycles. The van der Waals surface area contributed by atoms with E-state index in [1.54, 1.807) is 6.08 Å². The lowest BCUT2D eigenvalue weighted by atomic mass is 10.1. The Hall–Kier alpha value is -1.31. The highest BCUT2D eigenvalue weighted by atomic mass is 16.1. The SMILES string of the molecule is CC/C(=C\C=O)CCCn1cccc1. The molecule has 0 amide bonds. The number of aryl methyl sites for hydroxylation is 1. The number of aldehydes is 1. The molecule has 1 rings (SSSR count). The molecule has 0 aliphatic rings. The van der Waals surface area contributed by atoms with Gasteiger partial charge in [-0.25, -0.2) is 0 Å². The van der Waals surface area contributed by atoms with E-state index >= 15 is 0 Å². The van der Waals surface area contributed by atoms with Crippen molar-refractivity contribution in [2.75, 3.05) is 0 Å². The molecule has 0 atom stereocenters. The van der Waals surface area contributed by atoms with E-state index in [0.717, 1.165) is 32.1 Å². The van der Waals surface area contributed by atoms with Crippen molar-refractivity contribution in [3.63, 3.8) is 0 Å². The molecule has 2 heteroatoms. The fourth-order valence-corrected chi connectivity index (χ4v) is 1.48. The van der Waals surface area contributed by atoms with Crippen LogP contribution in [-0.2, 0) is 11.3 Å². The molecular formula is C12H17NO. The zero-order valence-corrected chi connectivity index (χ0v) is 8.65. The van der Waals surface area contributed by atoms with Crippen molar-refractivity contribution in [1.82, 2.24) is 4.57 Å². The molecule has 0 aliphatic heterocycles. The Morgan fingerprint density at radius 3 is 2.64 bits per heavy atom. The number of aromatic nitrogens is 1. The lowest BCUT2D eigenvalue weighted by molar-refractivity contribution is -0.104. The lowest BCUT2D eigenvalue weighted by Crippen LogP contribution is -1.95. The average Bonchev–Trinajstić information content (AvgIpc) is 2.69. The van der Waals surface area contributed by atoms with Gasteiger partial charge in [0.2, 0.25) is 0 Å². The number of nitrogens with zero attached hydrogens (tertiary/aromatic N) is 1. The zero-order chi connectivity index (χ0) is 10.2. The Kier molecular flexibility index (Phi) is 4.76. The van der Waals surface area contributed by atoms with Gasteiger partial charge in [0.05, 0.1) is 0 Å². The van der Waals surface area contributed by atoms with Gasteiger partial charge in [-0.05, 0) is 37.5 Å². The van der Waals surface area contributed by atoms with Gasteiger partial charge >= 0.3 is 0 Å². The average molecular weight is 191 g/mol. The van der Waals surface area contributed by atoms with Crippen molar-refractivity contribution in [2.45, 2.75) is 32.7 Å². The molecule has 0 N–H and O–H groups in total. The summed E-state index contributed by atoms with van der Waals surface area (Å²) in [7, 11) is 0. The summed E-state index contributed by atoms with van der Waals surface area (Å²) in [6.07, 6.45) is 9.80. The van der Waals surface area contributed by atoms with Crippen molar-refractivity contribution in [3.8, 4) is 0 Å². The van der Waals surface area contributed by atoms with Gasteiger partial charge < -0.3 is 4.57 Å². The minimum absolute atomic E-state index is 0.883. The fourth-order valence-electron chi connectivity index (χ4n) is 1.48. The number of carbonyl (C=O) groups excluding carboxylic acids is 1. The zero-order valence-electron chi connectivity index (χ0n) is 8.65. The molecule has 0 unspecified atom stereocenters. The molecule has 0 aromatic carbocycles. The van der Waals surface area contributed by atoms with Gasteiger partial charge in [0.25, 0.3) is 0 Å². The topological polar surface area (TPSA) is 22.0 Å². The van der Waals surface area contributed by atoms with Crippen LogP contribution in [0.1, 0.15) is 26.2 Å². The maximum atomic E-state index is 10.3. The van der Waals surface area contributed by atoms with Crippen molar-refractivity contribution in [2.24, 2.45) is 0 Å².